The summed E-state index contributed by atoms with van der Waals surface area (Å²) in [6.45, 7) is 5.57. The van der Waals surface area contributed by atoms with Crippen molar-refractivity contribution >= 4 is 30.8 Å². The van der Waals surface area contributed by atoms with Gasteiger partial charge in [-0.05, 0) is 75.8 Å². The molecule has 3 aromatic rings. The Kier molecular flexibility index (Phi) is 8.87. The highest BCUT2D eigenvalue weighted by Gasteiger charge is 2.45. The monoisotopic (exact) mass is 659 g/mol. The molecule has 13 heteroatoms. The van der Waals surface area contributed by atoms with E-state index in [0.29, 0.717) is 56.4 Å². The minimum atomic E-state index is -4.00. The molecule has 2 aliphatic heterocycles. The fourth-order valence-electron chi connectivity index (χ4n) is 6.52. The summed E-state index contributed by atoms with van der Waals surface area (Å²) in [4.78, 5) is 13.4. The Hall–Kier alpha value is -2.81. The van der Waals surface area contributed by atoms with Gasteiger partial charge in [-0.15, -0.1) is 0 Å². The van der Waals surface area contributed by atoms with Gasteiger partial charge in [-0.1, -0.05) is 18.2 Å². The number of nitrogens with one attached hydrogen (secondary N) is 1. The Labute approximate surface area is 264 Å². The summed E-state index contributed by atoms with van der Waals surface area (Å²) >= 11 is 0. The van der Waals surface area contributed by atoms with Gasteiger partial charge in [-0.3, -0.25) is 4.79 Å². The number of ether oxygens (including phenoxy) is 2. The van der Waals surface area contributed by atoms with Gasteiger partial charge in [0, 0.05) is 43.8 Å². The predicted octanol–water partition coefficient (Wildman–Crippen LogP) is 2.61. The van der Waals surface area contributed by atoms with Gasteiger partial charge in [0.1, 0.15) is 23.4 Å². The summed E-state index contributed by atoms with van der Waals surface area (Å²) in [5.41, 5.74) is 0.731. The molecule has 3 fully saturated rings. The average Bonchev–Trinajstić information content (AvgIpc) is 3.83. The molecule has 3 aliphatic rings. The summed E-state index contributed by atoms with van der Waals surface area (Å²) in [7, 11) is -7.33. The normalized spacial score (nSPS) is 21.4. The zero-order valence-electron chi connectivity index (χ0n) is 25.6. The molecule has 1 saturated carbocycles. The van der Waals surface area contributed by atoms with Crippen molar-refractivity contribution in [2.45, 2.75) is 85.3 Å². The number of para-hydroxylation sites is 1. The van der Waals surface area contributed by atoms with Crippen LogP contribution in [0.3, 0.4) is 0 Å². The number of hydrogen-bond donors (Lipinski definition) is 2. The highest BCUT2D eigenvalue weighted by molar-refractivity contribution is 7.92. The highest BCUT2D eigenvalue weighted by Crippen LogP contribution is 2.38. The number of aromatic nitrogens is 1. The molecule has 11 nitrogen and oxygen atoms in total. The quantitative estimate of drug-likeness (QED) is 0.318. The van der Waals surface area contributed by atoms with Gasteiger partial charge in [0.2, 0.25) is 15.5 Å². The van der Waals surface area contributed by atoms with Crippen molar-refractivity contribution in [1.82, 2.24) is 14.2 Å². The fourth-order valence-corrected chi connectivity index (χ4v) is 9.75. The van der Waals surface area contributed by atoms with E-state index in [9.17, 15) is 26.7 Å². The molecule has 3 heterocycles. The lowest BCUT2D eigenvalue weighted by Crippen LogP contribution is -2.47. The molecule has 244 valence electrons. The first-order chi connectivity index (χ1) is 21.4. The molecule has 1 unspecified atom stereocenters. The van der Waals surface area contributed by atoms with Crippen LogP contribution < -0.4 is 15.5 Å². The summed E-state index contributed by atoms with van der Waals surface area (Å²) < 4.78 is 67.6. The third kappa shape index (κ3) is 6.43. The average molecular weight is 660 g/mol. The first kappa shape index (κ1) is 32.1. The number of aryl methyl sites for hydroxylation is 2. The van der Waals surface area contributed by atoms with Crippen molar-refractivity contribution < 1.29 is 31.4 Å². The standard InChI is InChI=1S/C32H41N3O8S2/c1-3-34-19-29(31(37)28-9-4-6-22(2)30(28)34)45(40,41)35-14-12-32(13-15-35)17-23(20-43-32)33-18-24(36)21-42-25-7-5-8-27(16-25)44(38,39)26-10-11-26/h4-9,16,19,23-24,26,33,36H,3,10-15,17-18,20-21H2,1-2H3/t23-,24?/m1/s1. The van der Waals surface area contributed by atoms with Crippen molar-refractivity contribution in [3.63, 3.8) is 0 Å². The molecule has 0 amide bonds. The Bertz CT molecular complexity index is 1850. The van der Waals surface area contributed by atoms with E-state index < -0.39 is 37.0 Å². The lowest BCUT2D eigenvalue weighted by molar-refractivity contribution is -0.0312. The van der Waals surface area contributed by atoms with Crippen molar-refractivity contribution in [3.05, 3.63) is 64.4 Å². The number of benzene rings is 2. The number of aliphatic hydroxyl groups is 1. The van der Waals surface area contributed by atoms with Crippen LogP contribution >= 0.6 is 0 Å². The zero-order chi connectivity index (χ0) is 32.0. The molecule has 2 saturated heterocycles. The van der Waals surface area contributed by atoms with Crippen molar-refractivity contribution in [3.8, 4) is 5.75 Å². The third-order valence-corrected chi connectivity index (χ3v) is 13.4. The van der Waals surface area contributed by atoms with Crippen LogP contribution in [0.25, 0.3) is 10.9 Å². The van der Waals surface area contributed by atoms with Crippen LogP contribution in [0.2, 0.25) is 0 Å². The Morgan fingerprint density at radius 2 is 1.84 bits per heavy atom. The lowest BCUT2D eigenvalue weighted by Gasteiger charge is -2.38. The predicted molar refractivity (Wildman–Crippen MR) is 170 cm³/mol. The first-order valence-corrected chi connectivity index (χ1v) is 18.6. The van der Waals surface area contributed by atoms with Crippen LogP contribution in [0, 0.1) is 6.92 Å². The van der Waals surface area contributed by atoms with E-state index >= 15 is 0 Å². The molecule has 0 radical (unpaired) electrons. The van der Waals surface area contributed by atoms with Crippen LogP contribution in [-0.2, 0) is 31.1 Å². The highest BCUT2D eigenvalue weighted by atomic mass is 32.2. The summed E-state index contributed by atoms with van der Waals surface area (Å²) in [5, 5.41) is 14.0. The van der Waals surface area contributed by atoms with E-state index in [1.165, 1.54) is 16.6 Å². The molecule has 1 spiro atoms. The van der Waals surface area contributed by atoms with Crippen molar-refractivity contribution in [2.24, 2.45) is 0 Å². The molecule has 45 heavy (non-hydrogen) atoms. The first-order valence-electron chi connectivity index (χ1n) is 15.6. The molecule has 1 aromatic heterocycles. The van der Waals surface area contributed by atoms with Gasteiger partial charge in [0.25, 0.3) is 0 Å². The van der Waals surface area contributed by atoms with Crippen molar-refractivity contribution in [2.75, 3.05) is 32.8 Å². The maximum Gasteiger partial charge on any atom is 0.248 e. The molecule has 2 atom stereocenters. The van der Waals surface area contributed by atoms with Gasteiger partial charge in [0.05, 0.1) is 27.9 Å². The molecular formula is C32H41N3O8S2. The second-order valence-corrected chi connectivity index (χ2v) is 16.6. The number of pyridine rings is 1. The third-order valence-electron chi connectivity index (χ3n) is 9.25. The number of aliphatic hydroxyl groups excluding tert-OH is 1. The van der Waals surface area contributed by atoms with E-state index in [0.717, 1.165) is 11.1 Å². The van der Waals surface area contributed by atoms with Crippen LogP contribution in [0.4, 0.5) is 0 Å². The minimum Gasteiger partial charge on any atom is -0.491 e. The van der Waals surface area contributed by atoms with Crippen molar-refractivity contribution in [1.29, 1.82) is 0 Å². The van der Waals surface area contributed by atoms with E-state index in [2.05, 4.69) is 5.32 Å². The SMILES string of the molecule is CCn1cc(S(=O)(=O)N2CCC3(CC2)C[C@@H](NCC(O)COc2cccc(S(=O)(=O)C4CC4)c2)CO3)c(=O)c2cccc(C)c21. The van der Waals surface area contributed by atoms with Crippen LogP contribution in [0.15, 0.2) is 63.2 Å². The van der Waals surface area contributed by atoms with E-state index in [1.807, 2.05) is 24.5 Å². The number of nitrogens with zero attached hydrogens (tertiary/aromatic N) is 2. The number of sulfonamides is 1. The van der Waals surface area contributed by atoms with Crippen LogP contribution in [-0.4, -0.2) is 86.7 Å². The van der Waals surface area contributed by atoms with Crippen LogP contribution in [0.5, 0.6) is 5.75 Å². The second-order valence-electron chi connectivity index (χ2n) is 12.5. The minimum absolute atomic E-state index is 0.000453. The second kappa shape index (κ2) is 12.4. The lowest BCUT2D eigenvalue weighted by atomic mass is 9.88. The molecule has 0 bridgehead atoms. The molecule has 2 aromatic carbocycles. The van der Waals surface area contributed by atoms with E-state index in [-0.39, 0.29) is 47.3 Å². The van der Waals surface area contributed by atoms with Gasteiger partial charge < -0.3 is 24.5 Å². The molecule has 1 aliphatic carbocycles. The molecular weight excluding hydrogens is 618 g/mol. The Morgan fingerprint density at radius 3 is 2.56 bits per heavy atom. The molecule has 2 N–H and O–H groups in total. The maximum absolute atomic E-state index is 13.7. The molecule has 6 rings (SSSR count). The van der Waals surface area contributed by atoms with Gasteiger partial charge in [0.15, 0.2) is 9.84 Å². The largest absolute Gasteiger partial charge is 0.491 e. The number of sulfone groups is 1. The smallest absolute Gasteiger partial charge is 0.248 e. The zero-order valence-corrected chi connectivity index (χ0v) is 27.3. The Balaban J connectivity index is 1.02. The summed E-state index contributed by atoms with van der Waals surface area (Å²) in [6, 6.07) is 11.8. The van der Waals surface area contributed by atoms with E-state index in [4.69, 9.17) is 9.47 Å². The number of hydrogen-bond acceptors (Lipinski definition) is 9. The fraction of sp³-hybridized carbons (Fsp3) is 0.531. The maximum atomic E-state index is 13.7. The number of piperidine rings is 1. The topological polar surface area (TPSA) is 144 Å². The summed E-state index contributed by atoms with van der Waals surface area (Å²) in [5.74, 6) is 0.396. The van der Waals surface area contributed by atoms with Crippen LogP contribution in [0.1, 0.15) is 44.6 Å². The number of fused-ring (bicyclic) bond motifs is 1. The van der Waals surface area contributed by atoms with Gasteiger partial charge in [-0.2, -0.15) is 4.31 Å². The summed E-state index contributed by atoms with van der Waals surface area (Å²) in [6.07, 6.45) is 3.71. The number of rotatable bonds is 11. The van der Waals surface area contributed by atoms with Gasteiger partial charge >= 0.3 is 0 Å². The van der Waals surface area contributed by atoms with E-state index in [1.54, 1.807) is 30.3 Å². The Morgan fingerprint density at radius 1 is 1.11 bits per heavy atom. The van der Waals surface area contributed by atoms with Gasteiger partial charge in [-0.25, -0.2) is 16.8 Å².